The van der Waals surface area contributed by atoms with E-state index in [4.69, 9.17) is 38.0 Å². The molecule has 0 spiro atoms. The van der Waals surface area contributed by atoms with Gasteiger partial charge in [-0.3, -0.25) is 4.79 Å². The third kappa shape index (κ3) is 12.7. The van der Waals surface area contributed by atoms with Crippen LogP contribution < -0.4 is 20.1 Å². The molecule has 0 aliphatic heterocycles. The molecule has 58 heavy (non-hydrogen) atoms. The van der Waals surface area contributed by atoms with Gasteiger partial charge >= 0.3 is 12.1 Å². The number of carbonyl (C=O) groups is 1. The van der Waals surface area contributed by atoms with Crippen molar-refractivity contribution in [3.8, 4) is 29.1 Å². The zero-order valence-electron chi connectivity index (χ0n) is 34.2. The molecule has 2 N–H and O–H groups in total. The van der Waals surface area contributed by atoms with E-state index >= 15 is 0 Å². The van der Waals surface area contributed by atoms with Gasteiger partial charge in [0.15, 0.2) is 5.11 Å². The number of allylic oxidation sites excluding steroid dienone is 2. The Labute approximate surface area is 350 Å². The van der Waals surface area contributed by atoms with Crippen molar-refractivity contribution >= 4 is 40.6 Å². The van der Waals surface area contributed by atoms with E-state index in [2.05, 4.69) is 71.2 Å². The Kier molecular flexibility index (Phi) is 15.1. The number of esters is 1. The number of carbonyl (C=O) groups excluding carboxylic acids is 1. The van der Waals surface area contributed by atoms with E-state index in [9.17, 15) is 23.2 Å². The van der Waals surface area contributed by atoms with Crippen molar-refractivity contribution in [2.75, 3.05) is 5.32 Å². The van der Waals surface area contributed by atoms with E-state index in [-0.39, 0.29) is 5.54 Å². The third-order valence-electron chi connectivity index (χ3n) is 9.38. The Balaban J connectivity index is 0.000000259. The summed E-state index contributed by atoms with van der Waals surface area (Å²) < 4.78 is 55.4. The van der Waals surface area contributed by atoms with Gasteiger partial charge in [0, 0.05) is 16.8 Å². The van der Waals surface area contributed by atoms with Gasteiger partial charge in [-0.25, -0.2) is 0 Å². The molecule has 0 bridgehead atoms. The standard InChI is InChI=1S/C23H19ClF3NO3.C23H32N2OS/c1-22(2)17(12-19(24)23(25,26)27)20(22)21(29)31-18(13-28)14-7-6-10-16(11-14)30-15-8-4-3-5-9-15;1-15(2)19-13-18(26-17-11-9-8-10-12-17)14-20(16(3)4)21(19)24-22(27)25-23(5,6)7/h3-12,17-18,20H,1-2H3;8-16H,1-7H3,(H2,24,25,27)/b19-12-;/t17-,18?,20-;/m0./s1. The van der Waals surface area contributed by atoms with Crippen LogP contribution in [0.5, 0.6) is 23.0 Å². The Morgan fingerprint density at radius 3 is 1.79 bits per heavy atom. The predicted octanol–water partition coefficient (Wildman–Crippen LogP) is 13.4. The molecule has 4 aromatic carbocycles. The third-order valence-corrected chi connectivity index (χ3v) is 9.92. The lowest BCUT2D eigenvalue weighted by molar-refractivity contribution is -0.149. The van der Waals surface area contributed by atoms with Gasteiger partial charge in [-0.05, 0) is 116 Å². The van der Waals surface area contributed by atoms with E-state index in [0.717, 1.165) is 23.3 Å². The van der Waals surface area contributed by atoms with E-state index < -0.39 is 40.5 Å². The van der Waals surface area contributed by atoms with Crippen LogP contribution in [0.1, 0.15) is 96.9 Å². The van der Waals surface area contributed by atoms with Gasteiger partial charge in [0.05, 0.1) is 5.92 Å². The molecule has 3 atom stereocenters. The second-order valence-corrected chi connectivity index (χ2v) is 17.1. The van der Waals surface area contributed by atoms with Crippen molar-refractivity contribution in [3.05, 3.63) is 125 Å². The first kappa shape index (κ1) is 45.6. The van der Waals surface area contributed by atoms with Gasteiger partial charge in [0.25, 0.3) is 0 Å². The summed E-state index contributed by atoms with van der Waals surface area (Å²) in [4.78, 5) is 12.6. The van der Waals surface area contributed by atoms with Crippen molar-refractivity contribution in [2.24, 2.45) is 17.3 Å². The number of benzene rings is 4. The fraction of sp³-hybridized carbons (Fsp3) is 0.370. The highest BCUT2D eigenvalue weighted by atomic mass is 35.5. The molecule has 1 aliphatic rings. The predicted molar refractivity (Wildman–Crippen MR) is 228 cm³/mol. The van der Waals surface area contributed by atoms with Crippen LogP contribution in [0.4, 0.5) is 18.9 Å². The molecule has 1 fully saturated rings. The quantitative estimate of drug-likeness (QED) is 0.114. The largest absolute Gasteiger partial charge is 0.457 e. The lowest BCUT2D eigenvalue weighted by Crippen LogP contribution is -2.43. The zero-order chi connectivity index (χ0) is 43.0. The lowest BCUT2D eigenvalue weighted by Gasteiger charge is -2.27. The van der Waals surface area contributed by atoms with Gasteiger partial charge in [-0.15, -0.1) is 0 Å². The molecule has 1 saturated carbocycles. The second kappa shape index (κ2) is 19.1. The SMILES string of the molecule is CC(C)c1cc(Oc2ccccc2)cc(C(C)C)c1NC(=S)NC(C)(C)C.CC1(C)[C@H](C(=O)OC(C#N)c2cccc(Oc3ccccc3)c2)[C@@H]1/C=C(\Cl)C(F)(F)F. The molecule has 4 aromatic rings. The minimum atomic E-state index is -4.68. The summed E-state index contributed by atoms with van der Waals surface area (Å²) in [6.07, 6.45) is -5.07. The molecule has 5 rings (SSSR count). The van der Waals surface area contributed by atoms with Gasteiger partial charge in [0.1, 0.15) is 34.1 Å². The van der Waals surface area contributed by atoms with E-state index in [1.807, 2.05) is 54.6 Å². The Morgan fingerprint density at radius 1 is 0.828 bits per heavy atom. The minimum Gasteiger partial charge on any atom is -0.457 e. The summed E-state index contributed by atoms with van der Waals surface area (Å²) in [7, 11) is 0. The van der Waals surface area contributed by atoms with Crippen LogP contribution in [0.25, 0.3) is 0 Å². The maximum atomic E-state index is 12.7. The molecule has 1 aliphatic carbocycles. The van der Waals surface area contributed by atoms with Crippen molar-refractivity contribution in [1.29, 1.82) is 5.26 Å². The van der Waals surface area contributed by atoms with Crippen LogP contribution in [0.3, 0.4) is 0 Å². The normalized spacial score (nSPS) is 16.6. The molecular weight excluding hydrogens is 783 g/mol. The molecule has 0 heterocycles. The van der Waals surface area contributed by atoms with E-state index in [1.54, 1.807) is 50.2 Å². The Hall–Kier alpha value is -5.05. The Bertz CT molecular complexity index is 2080. The number of nitrogens with one attached hydrogen (secondary N) is 2. The summed E-state index contributed by atoms with van der Waals surface area (Å²) in [5.74, 6) is 1.10. The van der Waals surface area contributed by atoms with Crippen molar-refractivity contribution in [3.63, 3.8) is 0 Å². The van der Waals surface area contributed by atoms with Gasteiger partial charge in [-0.2, -0.15) is 18.4 Å². The Morgan fingerprint density at radius 2 is 1.33 bits per heavy atom. The van der Waals surface area contributed by atoms with Crippen LogP contribution in [0.2, 0.25) is 0 Å². The van der Waals surface area contributed by atoms with E-state index in [1.165, 1.54) is 11.1 Å². The number of halogens is 4. The number of thiocarbonyl (C=S) groups is 1. The van der Waals surface area contributed by atoms with Gasteiger partial charge in [0.2, 0.25) is 6.10 Å². The van der Waals surface area contributed by atoms with Crippen LogP contribution in [0, 0.1) is 28.6 Å². The van der Waals surface area contributed by atoms with Gasteiger partial charge < -0.3 is 24.8 Å². The fourth-order valence-corrected chi connectivity index (χ4v) is 6.84. The summed E-state index contributed by atoms with van der Waals surface area (Å²) >= 11 is 10.9. The lowest BCUT2D eigenvalue weighted by atomic mass is 9.92. The maximum absolute atomic E-state index is 12.7. The molecule has 7 nitrogen and oxygen atoms in total. The van der Waals surface area contributed by atoms with Gasteiger partial charge in [-0.1, -0.05) is 108 Å². The number of rotatable bonds is 11. The minimum absolute atomic E-state index is 0.0869. The van der Waals surface area contributed by atoms with Crippen molar-refractivity contribution in [1.82, 2.24) is 5.32 Å². The van der Waals surface area contributed by atoms with Crippen LogP contribution in [0.15, 0.2) is 108 Å². The van der Waals surface area contributed by atoms with Crippen molar-refractivity contribution in [2.45, 2.75) is 92.0 Å². The van der Waals surface area contributed by atoms with Crippen molar-refractivity contribution < 1.29 is 32.2 Å². The topological polar surface area (TPSA) is 92.6 Å². The number of nitriles is 1. The number of hydrogen-bond acceptors (Lipinski definition) is 6. The first-order valence-corrected chi connectivity index (χ1v) is 19.8. The fourth-order valence-electron chi connectivity index (χ4n) is 6.30. The first-order valence-electron chi connectivity index (χ1n) is 19.0. The highest BCUT2D eigenvalue weighted by molar-refractivity contribution is 7.80. The molecular formula is C46H51ClF3N3O4S. The smallest absolute Gasteiger partial charge is 0.426 e. The highest BCUT2D eigenvalue weighted by Crippen LogP contribution is 2.60. The highest BCUT2D eigenvalue weighted by Gasteiger charge is 2.62. The molecule has 1 unspecified atom stereocenters. The molecule has 0 aromatic heterocycles. The average molecular weight is 834 g/mol. The summed E-state index contributed by atoms with van der Waals surface area (Å²) in [6.45, 7) is 18.4. The monoisotopic (exact) mass is 833 g/mol. The second-order valence-electron chi connectivity index (χ2n) is 16.3. The average Bonchev–Trinajstić information content (AvgIpc) is 3.69. The molecule has 0 amide bonds. The molecule has 0 radical (unpaired) electrons. The van der Waals surface area contributed by atoms with E-state index in [0.29, 0.717) is 34.0 Å². The number of ether oxygens (including phenoxy) is 3. The number of alkyl halides is 3. The van der Waals surface area contributed by atoms with Crippen LogP contribution in [-0.2, 0) is 9.53 Å². The number of nitrogens with zero attached hydrogens (tertiary/aromatic N) is 1. The molecule has 0 saturated heterocycles. The summed E-state index contributed by atoms with van der Waals surface area (Å²) in [5.41, 5.74) is 3.03. The summed E-state index contributed by atoms with van der Waals surface area (Å²) in [6, 6.07) is 31.6. The number of hydrogen-bond donors (Lipinski definition) is 2. The molecule has 12 heteroatoms. The summed E-state index contributed by atoms with van der Waals surface area (Å²) in [5, 5.41) is 15.7. The molecule has 308 valence electrons. The van der Waals surface area contributed by atoms with Crippen LogP contribution in [-0.4, -0.2) is 22.8 Å². The number of para-hydroxylation sites is 2. The van der Waals surface area contributed by atoms with Crippen LogP contribution >= 0.6 is 23.8 Å². The maximum Gasteiger partial charge on any atom is 0.426 e. The number of anilines is 1. The first-order chi connectivity index (χ1) is 27.1. The zero-order valence-corrected chi connectivity index (χ0v) is 35.8.